The Kier molecular flexibility index (Phi) is 4.95. The molecule has 0 bridgehead atoms. The Morgan fingerprint density at radius 2 is 2.24 bits per heavy atom. The molecule has 4 heteroatoms. The number of hydrogen-bond donors (Lipinski definition) is 2. The van der Waals surface area contributed by atoms with Crippen molar-refractivity contribution in [2.24, 2.45) is 0 Å². The molecule has 0 aliphatic carbocycles. The predicted octanol–water partition coefficient (Wildman–Crippen LogP) is 1.09. The summed E-state index contributed by atoms with van der Waals surface area (Å²) in [6, 6.07) is 7.99. The molecule has 0 spiro atoms. The fraction of sp³-hybridized carbons (Fsp3) is 0.462. The zero-order valence-corrected chi connectivity index (χ0v) is 10.6. The highest BCUT2D eigenvalue weighted by Crippen LogP contribution is 2.20. The van der Waals surface area contributed by atoms with Gasteiger partial charge >= 0.3 is 0 Å². The molecule has 0 amide bonds. The van der Waals surface area contributed by atoms with E-state index in [0.717, 1.165) is 17.8 Å². The quantitative estimate of drug-likeness (QED) is 0.799. The minimum Gasteiger partial charge on any atom is -0.392 e. The van der Waals surface area contributed by atoms with Gasteiger partial charge in [0.15, 0.2) is 0 Å². The minimum absolute atomic E-state index is 0.413. The molecule has 1 unspecified atom stereocenters. The van der Waals surface area contributed by atoms with Crippen LogP contribution >= 0.6 is 0 Å². The van der Waals surface area contributed by atoms with E-state index in [2.05, 4.69) is 11.4 Å². The lowest BCUT2D eigenvalue weighted by atomic mass is 10.1. The molecule has 2 N–H and O–H groups in total. The van der Waals surface area contributed by atoms with Crippen LogP contribution in [0.3, 0.4) is 0 Å². The molecule has 0 saturated heterocycles. The van der Waals surface area contributed by atoms with Crippen LogP contribution in [0.15, 0.2) is 18.2 Å². The van der Waals surface area contributed by atoms with Crippen molar-refractivity contribution in [3.63, 3.8) is 0 Å². The van der Waals surface area contributed by atoms with E-state index in [1.165, 1.54) is 0 Å². The number of nitrogens with one attached hydrogen (secondary N) is 1. The molecule has 1 rings (SSSR count). The lowest BCUT2D eigenvalue weighted by Crippen LogP contribution is -2.27. The van der Waals surface area contributed by atoms with Crippen LogP contribution in [0.25, 0.3) is 0 Å². The van der Waals surface area contributed by atoms with Gasteiger partial charge in [0.05, 0.1) is 17.4 Å². The van der Waals surface area contributed by atoms with Crippen molar-refractivity contribution < 1.29 is 5.11 Å². The molecule has 1 aromatic carbocycles. The van der Waals surface area contributed by atoms with Crippen molar-refractivity contribution in [2.75, 3.05) is 25.5 Å². The second kappa shape index (κ2) is 6.24. The largest absolute Gasteiger partial charge is 0.392 e. The van der Waals surface area contributed by atoms with Gasteiger partial charge in [-0.1, -0.05) is 6.07 Å². The summed E-state index contributed by atoms with van der Waals surface area (Å²) in [6.07, 6.45) is -0.413. The monoisotopic (exact) mass is 233 g/mol. The van der Waals surface area contributed by atoms with Crippen LogP contribution in [-0.4, -0.2) is 31.9 Å². The first-order chi connectivity index (χ1) is 8.08. The summed E-state index contributed by atoms with van der Waals surface area (Å²) in [5, 5.41) is 21.5. The van der Waals surface area contributed by atoms with Crippen LogP contribution in [0.5, 0.6) is 0 Å². The number of nitriles is 1. The average molecular weight is 233 g/mol. The standard InChI is InChI=1S/C13H19N3O/c1-10(17)9-16(3)13-5-4-11(8-15-2)6-12(13)7-14/h4-6,10,15,17H,8-9H2,1-3H3. The van der Waals surface area contributed by atoms with E-state index in [1.54, 1.807) is 6.92 Å². The van der Waals surface area contributed by atoms with Crippen LogP contribution in [0.4, 0.5) is 5.69 Å². The van der Waals surface area contributed by atoms with E-state index in [1.807, 2.05) is 37.2 Å². The first-order valence-electron chi connectivity index (χ1n) is 5.65. The maximum atomic E-state index is 9.35. The SMILES string of the molecule is CNCc1ccc(N(C)CC(C)O)c(C#N)c1. The van der Waals surface area contributed by atoms with Crippen LogP contribution in [0.1, 0.15) is 18.1 Å². The van der Waals surface area contributed by atoms with Crippen molar-refractivity contribution >= 4 is 5.69 Å². The van der Waals surface area contributed by atoms with Crippen molar-refractivity contribution in [3.8, 4) is 6.07 Å². The normalized spacial score (nSPS) is 11.9. The topological polar surface area (TPSA) is 59.3 Å². The minimum atomic E-state index is -0.413. The number of hydrogen-bond acceptors (Lipinski definition) is 4. The number of aliphatic hydroxyl groups excluding tert-OH is 1. The molecule has 0 saturated carbocycles. The van der Waals surface area contributed by atoms with Crippen LogP contribution in [0, 0.1) is 11.3 Å². The van der Waals surface area contributed by atoms with Gasteiger partial charge in [0.2, 0.25) is 0 Å². The van der Waals surface area contributed by atoms with Crippen LogP contribution in [-0.2, 0) is 6.54 Å². The van der Waals surface area contributed by atoms with E-state index in [-0.39, 0.29) is 0 Å². The third-order valence-corrected chi connectivity index (χ3v) is 2.51. The third kappa shape index (κ3) is 3.74. The van der Waals surface area contributed by atoms with E-state index < -0.39 is 6.10 Å². The Morgan fingerprint density at radius 1 is 1.53 bits per heavy atom. The predicted molar refractivity (Wildman–Crippen MR) is 68.9 cm³/mol. The fourth-order valence-corrected chi connectivity index (χ4v) is 1.81. The van der Waals surface area contributed by atoms with Crippen molar-refractivity contribution in [3.05, 3.63) is 29.3 Å². The maximum Gasteiger partial charge on any atom is 0.101 e. The van der Waals surface area contributed by atoms with Gasteiger partial charge in [0.1, 0.15) is 6.07 Å². The van der Waals surface area contributed by atoms with Crippen LogP contribution in [0.2, 0.25) is 0 Å². The molecule has 1 aromatic rings. The fourth-order valence-electron chi connectivity index (χ4n) is 1.81. The lowest BCUT2D eigenvalue weighted by Gasteiger charge is -2.22. The summed E-state index contributed by atoms with van der Waals surface area (Å²) in [7, 11) is 3.75. The number of rotatable bonds is 5. The van der Waals surface area contributed by atoms with Gasteiger partial charge in [0, 0.05) is 20.1 Å². The molecule has 0 aromatic heterocycles. The second-order valence-electron chi connectivity index (χ2n) is 4.22. The van der Waals surface area contributed by atoms with Crippen LogP contribution < -0.4 is 10.2 Å². The number of aliphatic hydroxyl groups is 1. The summed E-state index contributed by atoms with van der Waals surface area (Å²) in [6.45, 7) is 2.99. The summed E-state index contributed by atoms with van der Waals surface area (Å²) in [5.74, 6) is 0. The summed E-state index contributed by atoms with van der Waals surface area (Å²) >= 11 is 0. The third-order valence-electron chi connectivity index (χ3n) is 2.51. The van der Waals surface area contributed by atoms with E-state index in [4.69, 9.17) is 5.26 Å². The molecular weight excluding hydrogens is 214 g/mol. The first-order valence-corrected chi connectivity index (χ1v) is 5.65. The Hall–Kier alpha value is -1.57. The number of likely N-dealkylation sites (N-methyl/N-ethyl adjacent to an activating group) is 1. The molecule has 0 aliphatic heterocycles. The summed E-state index contributed by atoms with van der Waals surface area (Å²) in [5.41, 5.74) is 2.58. The van der Waals surface area contributed by atoms with Gasteiger partial charge in [0.25, 0.3) is 0 Å². The Labute approximate surface area is 102 Å². The van der Waals surface area contributed by atoms with E-state index in [0.29, 0.717) is 12.1 Å². The molecule has 92 valence electrons. The molecule has 4 nitrogen and oxygen atoms in total. The highest BCUT2D eigenvalue weighted by Gasteiger charge is 2.09. The molecule has 1 atom stereocenters. The van der Waals surface area contributed by atoms with Gasteiger partial charge in [-0.15, -0.1) is 0 Å². The summed E-state index contributed by atoms with van der Waals surface area (Å²) < 4.78 is 0. The smallest absolute Gasteiger partial charge is 0.101 e. The molecule has 0 fully saturated rings. The lowest BCUT2D eigenvalue weighted by molar-refractivity contribution is 0.201. The van der Waals surface area contributed by atoms with Gasteiger partial charge in [-0.3, -0.25) is 0 Å². The number of anilines is 1. The maximum absolute atomic E-state index is 9.35. The van der Waals surface area contributed by atoms with Gasteiger partial charge in [-0.2, -0.15) is 5.26 Å². The average Bonchev–Trinajstić information content (AvgIpc) is 2.28. The summed E-state index contributed by atoms with van der Waals surface area (Å²) in [4.78, 5) is 1.90. The highest BCUT2D eigenvalue weighted by atomic mass is 16.3. The second-order valence-corrected chi connectivity index (χ2v) is 4.22. The van der Waals surface area contributed by atoms with E-state index >= 15 is 0 Å². The number of nitrogens with zero attached hydrogens (tertiary/aromatic N) is 2. The molecule has 0 aliphatic rings. The molecule has 17 heavy (non-hydrogen) atoms. The molecular formula is C13H19N3O. The van der Waals surface area contributed by atoms with Gasteiger partial charge in [-0.05, 0) is 31.7 Å². The van der Waals surface area contributed by atoms with Gasteiger partial charge in [-0.25, -0.2) is 0 Å². The Bertz CT molecular complexity index is 410. The Morgan fingerprint density at radius 3 is 2.76 bits per heavy atom. The number of benzene rings is 1. The molecule has 0 radical (unpaired) electrons. The van der Waals surface area contributed by atoms with Gasteiger partial charge < -0.3 is 15.3 Å². The first kappa shape index (κ1) is 13.5. The van der Waals surface area contributed by atoms with Crippen molar-refractivity contribution in [2.45, 2.75) is 19.6 Å². The highest BCUT2D eigenvalue weighted by molar-refractivity contribution is 5.60. The van der Waals surface area contributed by atoms with Crippen molar-refractivity contribution in [1.29, 1.82) is 5.26 Å². The van der Waals surface area contributed by atoms with Crippen molar-refractivity contribution in [1.82, 2.24) is 5.32 Å². The zero-order chi connectivity index (χ0) is 12.8. The zero-order valence-electron chi connectivity index (χ0n) is 10.6. The van der Waals surface area contributed by atoms with E-state index in [9.17, 15) is 5.11 Å². The molecule has 0 heterocycles. The Balaban J connectivity index is 2.96.